The molecule has 0 aliphatic rings. The molecule has 0 radical (unpaired) electrons. The van der Waals surface area contributed by atoms with E-state index in [0.29, 0.717) is 5.11 Å². The zero-order valence-electron chi connectivity index (χ0n) is 14.6. The fourth-order valence-corrected chi connectivity index (χ4v) is 2.75. The maximum atomic E-state index is 5.31. The minimum Gasteiger partial charge on any atom is -0.331 e. The van der Waals surface area contributed by atoms with Gasteiger partial charge in [-0.2, -0.15) is 0 Å². The van der Waals surface area contributed by atoms with Crippen LogP contribution >= 0.6 is 12.2 Å². The van der Waals surface area contributed by atoms with E-state index in [1.165, 1.54) is 16.7 Å². The first-order valence-corrected chi connectivity index (χ1v) is 8.77. The van der Waals surface area contributed by atoms with E-state index in [-0.39, 0.29) is 0 Å². The molecule has 0 aromatic heterocycles. The molecule has 0 unspecified atom stereocenters. The molecule has 0 atom stereocenters. The molecular formula is C22H21N3S. The molecule has 0 fully saturated rings. The first-order valence-electron chi connectivity index (χ1n) is 8.36. The molecule has 0 aliphatic heterocycles. The molecule has 3 nitrogen and oxygen atoms in total. The van der Waals surface area contributed by atoms with Gasteiger partial charge >= 0.3 is 0 Å². The average molecular weight is 359 g/mol. The second kappa shape index (κ2) is 8.32. The quantitative estimate of drug-likeness (QED) is 0.436. The van der Waals surface area contributed by atoms with Crippen LogP contribution in [0.25, 0.3) is 16.8 Å². The summed E-state index contributed by atoms with van der Waals surface area (Å²) in [7, 11) is 0. The largest absolute Gasteiger partial charge is 0.331 e. The molecule has 3 N–H and O–H groups in total. The Kier molecular flexibility index (Phi) is 5.66. The Hall–Kier alpha value is -3.11. The van der Waals surface area contributed by atoms with Crippen molar-refractivity contribution in [1.82, 2.24) is 10.9 Å². The molecule has 3 aromatic carbocycles. The Bertz CT molecular complexity index is 902. The van der Waals surface area contributed by atoms with E-state index in [0.717, 1.165) is 16.9 Å². The second-order valence-electron chi connectivity index (χ2n) is 6.00. The van der Waals surface area contributed by atoms with E-state index in [9.17, 15) is 0 Å². The summed E-state index contributed by atoms with van der Waals surface area (Å²) in [4.78, 5) is 0. The number of aryl methyl sites for hydroxylation is 1. The Morgan fingerprint density at radius 2 is 1.50 bits per heavy atom. The van der Waals surface area contributed by atoms with Crippen LogP contribution in [0.15, 0.2) is 85.4 Å². The third-order valence-corrected chi connectivity index (χ3v) is 4.15. The van der Waals surface area contributed by atoms with Crippen LogP contribution in [0.2, 0.25) is 0 Å². The summed E-state index contributed by atoms with van der Waals surface area (Å²) in [6, 6.07) is 26.6. The maximum absolute atomic E-state index is 5.31. The first kappa shape index (κ1) is 17.7. The topological polar surface area (TPSA) is 36.1 Å². The smallest absolute Gasteiger partial charge is 0.189 e. The standard InChI is InChI=1S/C22H21N3S/c1-16-7-6-10-21(15-16)23-22(26)25-24-17(2)18-11-13-20(14-12-18)19-8-4-3-5-9-19/h3-15,24H,2H2,1H3,(H2,23,25,26). The van der Waals surface area contributed by atoms with E-state index in [1.54, 1.807) is 0 Å². The average Bonchev–Trinajstić information content (AvgIpc) is 2.67. The van der Waals surface area contributed by atoms with Crippen LogP contribution in [0, 0.1) is 6.92 Å². The van der Waals surface area contributed by atoms with Gasteiger partial charge in [-0.3, -0.25) is 10.9 Å². The summed E-state index contributed by atoms with van der Waals surface area (Å²) < 4.78 is 0. The molecule has 0 saturated heterocycles. The van der Waals surface area contributed by atoms with Crippen LogP contribution in [0.4, 0.5) is 5.69 Å². The zero-order chi connectivity index (χ0) is 18.4. The third-order valence-electron chi connectivity index (χ3n) is 3.94. The van der Waals surface area contributed by atoms with Crippen LogP contribution in [-0.2, 0) is 0 Å². The monoisotopic (exact) mass is 359 g/mol. The number of anilines is 1. The number of hydrogen-bond acceptors (Lipinski definition) is 2. The van der Waals surface area contributed by atoms with Gasteiger partial charge < -0.3 is 5.32 Å². The third kappa shape index (κ3) is 4.71. The summed E-state index contributed by atoms with van der Waals surface area (Å²) in [6.07, 6.45) is 0. The normalized spacial score (nSPS) is 10.0. The van der Waals surface area contributed by atoms with Gasteiger partial charge in [0.25, 0.3) is 0 Å². The van der Waals surface area contributed by atoms with E-state index < -0.39 is 0 Å². The predicted octanol–water partition coefficient (Wildman–Crippen LogP) is 5.12. The van der Waals surface area contributed by atoms with Gasteiger partial charge in [0.1, 0.15) is 0 Å². The van der Waals surface area contributed by atoms with Crippen molar-refractivity contribution in [2.45, 2.75) is 6.92 Å². The van der Waals surface area contributed by atoms with Crippen LogP contribution < -0.4 is 16.2 Å². The Morgan fingerprint density at radius 1 is 0.808 bits per heavy atom. The highest BCUT2D eigenvalue weighted by molar-refractivity contribution is 7.80. The number of hydrazine groups is 1. The second-order valence-corrected chi connectivity index (χ2v) is 6.40. The predicted molar refractivity (Wildman–Crippen MR) is 115 cm³/mol. The van der Waals surface area contributed by atoms with Crippen molar-refractivity contribution >= 4 is 28.7 Å². The van der Waals surface area contributed by atoms with Crippen LogP contribution in [0.3, 0.4) is 0 Å². The van der Waals surface area contributed by atoms with Crippen molar-refractivity contribution in [1.29, 1.82) is 0 Å². The van der Waals surface area contributed by atoms with E-state index >= 15 is 0 Å². The summed E-state index contributed by atoms with van der Waals surface area (Å²) in [5.41, 5.74) is 12.2. The SMILES string of the molecule is C=C(NNC(=S)Nc1cccc(C)c1)c1ccc(-c2ccccc2)cc1. The minimum absolute atomic E-state index is 0.484. The molecule has 26 heavy (non-hydrogen) atoms. The Morgan fingerprint density at radius 3 is 2.19 bits per heavy atom. The van der Waals surface area contributed by atoms with Gasteiger partial charge in [0.05, 0.1) is 5.70 Å². The number of nitrogens with one attached hydrogen (secondary N) is 3. The maximum Gasteiger partial charge on any atom is 0.189 e. The number of rotatable bonds is 5. The van der Waals surface area contributed by atoms with Gasteiger partial charge in [-0.05, 0) is 53.5 Å². The summed E-state index contributed by atoms with van der Waals surface area (Å²) in [6.45, 7) is 6.10. The van der Waals surface area contributed by atoms with Crippen molar-refractivity contribution in [3.63, 3.8) is 0 Å². The number of thiocarbonyl (C=S) groups is 1. The van der Waals surface area contributed by atoms with E-state index in [2.05, 4.69) is 47.0 Å². The lowest BCUT2D eigenvalue weighted by molar-refractivity contribution is 0.851. The highest BCUT2D eigenvalue weighted by Crippen LogP contribution is 2.20. The molecule has 0 spiro atoms. The fraction of sp³-hybridized carbons (Fsp3) is 0.0455. The lowest BCUT2D eigenvalue weighted by Gasteiger charge is -2.15. The Labute approximate surface area is 159 Å². The number of benzene rings is 3. The van der Waals surface area contributed by atoms with E-state index in [1.807, 2.05) is 61.5 Å². The molecule has 3 rings (SSSR count). The fourth-order valence-electron chi connectivity index (χ4n) is 2.58. The van der Waals surface area contributed by atoms with Crippen molar-refractivity contribution < 1.29 is 0 Å². The highest BCUT2D eigenvalue weighted by atomic mass is 32.1. The molecule has 0 aliphatic carbocycles. The van der Waals surface area contributed by atoms with Crippen molar-refractivity contribution in [2.75, 3.05) is 5.32 Å². The molecule has 0 bridgehead atoms. The van der Waals surface area contributed by atoms with Gasteiger partial charge in [0, 0.05) is 5.69 Å². The van der Waals surface area contributed by atoms with Gasteiger partial charge in [-0.25, -0.2) is 0 Å². The van der Waals surface area contributed by atoms with Gasteiger partial charge in [0.15, 0.2) is 5.11 Å². The van der Waals surface area contributed by atoms with Crippen LogP contribution in [0.1, 0.15) is 11.1 Å². The van der Waals surface area contributed by atoms with Gasteiger partial charge in [0.2, 0.25) is 0 Å². The van der Waals surface area contributed by atoms with Crippen LogP contribution in [0.5, 0.6) is 0 Å². The molecule has 0 saturated carbocycles. The molecule has 0 amide bonds. The number of hydrogen-bond donors (Lipinski definition) is 3. The summed E-state index contributed by atoms with van der Waals surface area (Å²) >= 11 is 5.31. The summed E-state index contributed by atoms with van der Waals surface area (Å²) in [5, 5.41) is 3.62. The van der Waals surface area contributed by atoms with Crippen molar-refractivity contribution in [3.05, 3.63) is 96.6 Å². The molecular weight excluding hydrogens is 338 g/mol. The minimum atomic E-state index is 0.484. The van der Waals surface area contributed by atoms with Crippen LogP contribution in [-0.4, -0.2) is 5.11 Å². The van der Waals surface area contributed by atoms with Gasteiger partial charge in [-0.15, -0.1) is 0 Å². The molecule has 0 heterocycles. The van der Waals surface area contributed by atoms with Crippen molar-refractivity contribution in [2.24, 2.45) is 0 Å². The van der Waals surface area contributed by atoms with Crippen molar-refractivity contribution in [3.8, 4) is 11.1 Å². The lowest BCUT2D eigenvalue weighted by atomic mass is 10.0. The Balaban J connectivity index is 1.55. The lowest BCUT2D eigenvalue weighted by Crippen LogP contribution is -2.38. The molecule has 3 aromatic rings. The summed E-state index contributed by atoms with van der Waals surface area (Å²) in [5.74, 6) is 0. The first-order chi connectivity index (χ1) is 12.6. The van der Waals surface area contributed by atoms with E-state index in [4.69, 9.17) is 12.2 Å². The molecule has 130 valence electrons. The highest BCUT2D eigenvalue weighted by Gasteiger charge is 2.02. The molecule has 4 heteroatoms. The zero-order valence-corrected chi connectivity index (χ0v) is 15.4. The van der Waals surface area contributed by atoms with Gasteiger partial charge in [-0.1, -0.05) is 73.3 Å².